The zero-order valence-corrected chi connectivity index (χ0v) is 11.5. The SMILES string of the molecule is COCCCSc1ccc(Br)cc1C(=N)N. The summed E-state index contributed by atoms with van der Waals surface area (Å²) in [6, 6.07) is 5.82. The van der Waals surface area contributed by atoms with Crippen molar-refractivity contribution >= 4 is 33.5 Å². The predicted molar refractivity (Wildman–Crippen MR) is 72.4 cm³/mol. The summed E-state index contributed by atoms with van der Waals surface area (Å²) in [7, 11) is 1.70. The molecule has 3 nitrogen and oxygen atoms in total. The van der Waals surface area contributed by atoms with Crippen molar-refractivity contribution in [3.05, 3.63) is 28.2 Å². The second kappa shape index (κ2) is 6.93. The van der Waals surface area contributed by atoms with E-state index < -0.39 is 0 Å². The smallest absolute Gasteiger partial charge is 0.123 e. The predicted octanol–water partition coefficient (Wildman–Crippen LogP) is 2.86. The molecular weight excluding hydrogens is 288 g/mol. The number of halogens is 1. The third kappa shape index (κ3) is 4.15. The molecule has 0 atom stereocenters. The summed E-state index contributed by atoms with van der Waals surface area (Å²) in [6.45, 7) is 0.763. The minimum absolute atomic E-state index is 0.107. The van der Waals surface area contributed by atoms with Crippen molar-refractivity contribution in [2.75, 3.05) is 19.5 Å². The molecule has 1 aromatic rings. The molecule has 1 rings (SSSR count). The molecule has 0 aromatic heterocycles. The molecule has 0 fully saturated rings. The third-order valence-corrected chi connectivity index (χ3v) is 3.64. The summed E-state index contributed by atoms with van der Waals surface area (Å²) >= 11 is 5.08. The van der Waals surface area contributed by atoms with Gasteiger partial charge in [-0.3, -0.25) is 5.41 Å². The maximum atomic E-state index is 7.51. The zero-order valence-electron chi connectivity index (χ0n) is 9.13. The minimum atomic E-state index is 0.107. The average molecular weight is 303 g/mol. The summed E-state index contributed by atoms with van der Waals surface area (Å²) in [5.74, 6) is 1.07. The van der Waals surface area contributed by atoms with Gasteiger partial charge in [-0.1, -0.05) is 15.9 Å². The van der Waals surface area contributed by atoms with Crippen LogP contribution in [0.15, 0.2) is 27.6 Å². The molecule has 0 aliphatic rings. The average Bonchev–Trinajstić information content (AvgIpc) is 2.26. The van der Waals surface area contributed by atoms with E-state index in [1.807, 2.05) is 18.2 Å². The van der Waals surface area contributed by atoms with Gasteiger partial charge in [-0.25, -0.2) is 0 Å². The number of hydrogen-bond donors (Lipinski definition) is 2. The standard InChI is InChI=1S/C11H15BrN2OS/c1-15-5-2-6-16-10-4-3-8(12)7-9(10)11(13)14/h3-4,7H,2,5-6H2,1H3,(H3,13,14). The number of nitrogen functional groups attached to an aromatic ring is 1. The maximum Gasteiger partial charge on any atom is 0.123 e. The number of nitrogens with two attached hydrogens (primary N) is 1. The number of nitrogens with one attached hydrogen (secondary N) is 1. The fourth-order valence-corrected chi connectivity index (χ4v) is 2.56. The van der Waals surface area contributed by atoms with Crippen molar-refractivity contribution in [1.82, 2.24) is 0 Å². The Morgan fingerprint density at radius 1 is 1.56 bits per heavy atom. The van der Waals surface area contributed by atoms with E-state index in [9.17, 15) is 0 Å². The van der Waals surface area contributed by atoms with Crippen LogP contribution in [0.2, 0.25) is 0 Å². The Kier molecular flexibility index (Phi) is 5.87. The molecule has 88 valence electrons. The lowest BCUT2D eigenvalue weighted by Crippen LogP contribution is -2.12. The molecule has 0 spiro atoms. The van der Waals surface area contributed by atoms with Crippen molar-refractivity contribution in [1.29, 1.82) is 5.41 Å². The summed E-state index contributed by atoms with van der Waals surface area (Å²) < 4.78 is 5.93. The minimum Gasteiger partial charge on any atom is -0.385 e. The Morgan fingerprint density at radius 2 is 2.31 bits per heavy atom. The number of methoxy groups -OCH3 is 1. The number of benzene rings is 1. The van der Waals surface area contributed by atoms with Crippen molar-refractivity contribution in [2.24, 2.45) is 5.73 Å². The van der Waals surface area contributed by atoms with E-state index in [0.29, 0.717) is 0 Å². The van der Waals surface area contributed by atoms with E-state index in [0.717, 1.165) is 33.7 Å². The first-order chi connectivity index (χ1) is 7.65. The van der Waals surface area contributed by atoms with E-state index in [-0.39, 0.29) is 5.84 Å². The first-order valence-electron chi connectivity index (χ1n) is 4.91. The fraction of sp³-hybridized carbons (Fsp3) is 0.364. The highest BCUT2D eigenvalue weighted by molar-refractivity contribution is 9.10. The molecule has 0 saturated heterocycles. The van der Waals surface area contributed by atoms with Crippen LogP contribution in [0.1, 0.15) is 12.0 Å². The number of rotatable bonds is 6. The summed E-state index contributed by atoms with van der Waals surface area (Å²) in [4.78, 5) is 1.05. The second-order valence-corrected chi connectivity index (χ2v) is 5.30. The van der Waals surface area contributed by atoms with Gasteiger partial charge in [-0.05, 0) is 24.6 Å². The Labute approximate surface area is 108 Å². The molecule has 0 aliphatic heterocycles. The molecule has 0 unspecified atom stereocenters. The molecule has 0 saturated carbocycles. The lowest BCUT2D eigenvalue weighted by atomic mass is 10.2. The van der Waals surface area contributed by atoms with Crippen LogP contribution in [-0.2, 0) is 4.74 Å². The quantitative estimate of drug-likeness (QED) is 0.368. The van der Waals surface area contributed by atoms with Gasteiger partial charge in [0.1, 0.15) is 5.84 Å². The molecule has 0 bridgehead atoms. The molecular formula is C11H15BrN2OS. The van der Waals surface area contributed by atoms with E-state index in [4.69, 9.17) is 15.9 Å². The lowest BCUT2D eigenvalue weighted by Gasteiger charge is -2.08. The topological polar surface area (TPSA) is 59.1 Å². The number of amidine groups is 1. The van der Waals surface area contributed by atoms with Crippen LogP contribution in [0, 0.1) is 5.41 Å². The first kappa shape index (κ1) is 13.5. The Bertz CT molecular complexity index is 371. The largest absolute Gasteiger partial charge is 0.385 e. The first-order valence-corrected chi connectivity index (χ1v) is 6.68. The van der Waals surface area contributed by atoms with E-state index in [2.05, 4.69) is 15.9 Å². The summed E-state index contributed by atoms with van der Waals surface area (Å²) in [6.07, 6.45) is 0.995. The molecule has 3 N–H and O–H groups in total. The molecule has 0 aliphatic carbocycles. The summed E-state index contributed by atoms with van der Waals surface area (Å²) in [5, 5.41) is 7.51. The maximum absolute atomic E-state index is 7.51. The highest BCUT2D eigenvalue weighted by Crippen LogP contribution is 2.26. The van der Waals surface area contributed by atoms with Crippen molar-refractivity contribution < 1.29 is 4.74 Å². The Balaban J connectivity index is 2.67. The zero-order chi connectivity index (χ0) is 12.0. The molecule has 0 amide bonds. The van der Waals surface area contributed by atoms with Gasteiger partial charge in [0.25, 0.3) is 0 Å². The Hall–Kier alpha value is -0.520. The van der Waals surface area contributed by atoms with Crippen LogP contribution in [0.3, 0.4) is 0 Å². The summed E-state index contributed by atoms with van der Waals surface area (Å²) in [5.41, 5.74) is 6.33. The monoisotopic (exact) mass is 302 g/mol. The van der Waals surface area contributed by atoms with Crippen LogP contribution in [0.25, 0.3) is 0 Å². The van der Waals surface area contributed by atoms with E-state index >= 15 is 0 Å². The van der Waals surface area contributed by atoms with Gasteiger partial charge in [-0.15, -0.1) is 11.8 Å². The number of ether oxygens (including phenoxy) is 1. The Morgan fingerprint density at radius 3 is 2.94 bits per heavy atom. The molecule has 16 heavy (non-hydrogen) atoms. The highest BCUT2D eigenvalue weighted by Gasteiger charge is 2.06. The van der Waals surface area contributed by atoms with E-state index in [1.54, 1.807) is 18.9 Å². The third-order valence-electron chi connectivity index (χ3n) is 1.98. The van der Waals surface area contributed by atoms with Gasteiger partial charge in [0.05, 0.1) is 0 Å². The molecule has 0 radical (unpaired) electrons. The molecule has 1 aromatic carbocycles. The van der Waals surface area contributed by atoms with Gasteiger partial charge in [0.15, 0.2) is 0 Å². The number of hydrogen-bond acceptors (Lipinski definition) is 3. The van der Waals surface area contributed by atoms with Crippen LogP contribution < -0.4 is 5.73 Å². The highest BCUT2D eigenvalue weighted by atomic mass is 79.9. The van der Waals surface area contributed by atoms with Crippen LogP contribution in [0.4, 0.5) is 0 Å². The van der Waals surface area contributed by atoms with E-state index in [1.165, 1.54) is 0 Å². The van der Waals surface area contributed by atoms with Gasteiger partial charge in [-0.2, -0.15) is 0 Å². The van der Waals surface area contributed by atoms with Crippen LogP contribution >= 0.6 is 27.7 Å². The van der Waals surface area contributed by atoms with Crippen LogP contribution in [0.5, 0.6) is 0 Å². The fourth-order valence-electron chi connectivity index (χ4n) is 1.22. The second-order valence-electron chi connectivity index (χ2n) is 3.25. The number of thioether (sulfide) groups is 1. The van der Waals surface area contributed by atoms with Crippen molar-refractivity contribution in [3.8, 4) is 0 Å². The molecule has 0 heterocycles. The van der Waals surface area contributed by atoms with Gasteiger partial charge < -0.3 is 10.5 Å². The van der Waals surface area contributed by atoms with Crippen molar-refractivity contribution in [3.63, 3.8) is 0 Å². The van der Waals surface area contributed by atoms with Gasteiger partial charge in [0, 0.05) is 34.4 Å². The van der Waals surface area contributed by atoms with Crippen LogP contribution in [-0.4, -0.2) is 25.3 Å². The lowest BCUT2D eigenvalue weighted by molar-refractivity contribution is 0.200. The van der Waals surface area contributed by atoms with Gasteiger partial charge >= 0.3 is 0 Å². The normalized spacial score (nSPS) is 10.4. The van der Waals surface area contributed by atoms with Crippen molar-refractivity contribution in [2.45, 2.75) is 11.3 Å². The van der Waals surface area contributed by atoms with Gasteiger partial charge in [0.2, 0.25) is 0 Å². The molecule has 5 heteroatoms.